The van der Waals surface area contributed by atoms with Crippen LogP contribution in [0.5, 0.6) is 0 Å². The maximum Gasteiger partial charge on any atom is 0.0558 e. The first kappa shape index (κ1) is 3.32. The summed E-state index contributed by atoms with van der Waals surface area (Å²) in [4.78, 5) is 1.31. The molecule has 0 aromatic rings. The largest absolute Gasteiger partial charge is 0.395 e. The van der Waals surface area contributed by atoms with Gasteiger partial charge in [-0.25, -0.2) is 0 Å². The van der Waals surface area contributed by atoms with Crippen molar-refractivity contribution >= 4 is 0 Å². The lowest BCUT2D eigenvalue weighted by atomic mass is 10.4. The van der Waals surface area contributed by atoms with Gasteiger partial charge in [-0.3, -0.25) is 4.90 Å². The highest BCUT2D eigenvalue weighted by molar-refractivity contribution is 4.66. The molecule has 0 unspecified atom stereocenters. The number of aliphatic hydroxyl groups excluding tert-OH is 1. The fourth-order valence-corrected chi connectivity index (χ4v) is 0.716. The normalized spacial score (nSPS) is 40.1. The third-order valence-corrected chi connectivity index (χ3v) is 1.18. The second kappa shape index (κ2) is 3.82. The van der Waals surface area contributed by atoms with Crippen LogP contribution in [0.15, 0.2) is 0 Å². The van der Waals surface area contributed by atoms with Gasteiger partial charge in [-0.1, -0.05) is 0 Å². The lowest BCUT2D eigenvalue weighted by Gasteiger charge is -2.25. The molecule has 1 fully saturated rings. The second-order valence-electron chi connectivity index (χ2n) is 1.87. The molecule has 0 atom stereocenters. The lowest BCUT2D eigenvalue weighted by Crippen LogP contribution is -2.44. The molecule has 0 aliphatic carbocycles. The standard InChI is InChI=1S/C6H14N2O/c9-6-5-8-3-1-7-2-4-8/h7,9H,1-6H2/i1D2,3D2. The van der Waals surface area contributed by atoms with Crippen LogP contribution in [0.3, 0.4) is 0 Å². The Hall–Kier alpha value is -0.120. The van der Waals surface area contributed by atoms with E-state index in [9.17, 15) is 0 Å². The van der Waals surface area contributed by atoms with Gasteiger partial charge in [0, 0.05) is 38.1 Å². The summed E-state index contributed by atoms with van der Waals surface area (Å²) in [6, 6.07) is 0. The van der Waals surface area contributed by atoms with Crippen molar-refractivity contribution in [3.05, 3.63) is 0 Å². The fourth-order valence-electron chi connectivity index (χ4n) is 0.716. The van der Waals surface area contributed by atoms with Crippen LogP contribution >= 0.6 is 0 Å². The molecule has 1 rings (SSSR count). The van der Waals surface area contributed by atoms with Gasteiger partial charge in [0.2, 0.25) is 0 Å². The van der Waals surface area contributed by atoms with Crippen molar-refractivity contribution < 1.29 is 10.6 Å². The minimum Gasteiger partial charge on any atom is -0.395 e. The summed E-state index contributed by atoms with van der Waals surface area (Å²) in [7, 11) is 0. The third kappa shape index (κ3) is 2.30. The number of nitrogens with one attached hydrogen (secondary N) is 1. The number of hydrogen-bond donors (Lipinski definition) is 2. The van der Waals surface area contributed by atoms with E-state index in [-0.39, 0.29) is 13.2 Å². The Morgan fingerprint density at radius 1 is 1.78 bits per heavy atom. The first-order chi connectivity index (χ1) is 5.92. The number of hydrogen-bond acceptors (Lipinski definition) is 3. The molecule has 0 amide bonds. The summed E-state index contributed by atoms with van der Waals surface area (Å²) < 4.78 is 29.9. The van der Waals surface area contributed by atoms with E-state index in [2.05, 4.69) is 5.32 Å². The maximum atomic E-state index is 8.67. The Kier molecular flexibility index (Phi) is 1.41. The molecule has 0 aromatic carbocycles. The molecule has 0 aromatic heterocycles. The second-order valence-corrected chi connectivity index (χ2v) is 1.87. The van der Waals surface area contributed by atoms with Gasteiger partial charge in [-0.2, -0.15) is 0 Å². The van der Waals surface area contributed by atoms with Crippen LogP contribution < -0.4 is 5.32 Å². The van der Waals surface area contributed by atoms with Crippen LogP contribution in [0.4, 0.5) is 0 Å². The molecule has 9 heavy (non-hydrogen) atoms. The zero-order valence-electron chi connectivity index (χ0n) is 9.22. The Bertz CT molecular complexity index is 185. The fraction of sp³-hybridized carbons (Fsp3) is 1.00. The van der Waals surface area contributed by atoms with Crippen molar-refractivity contribution in [2.24, 2.45) is 0 Å². The number of nitrogens with zero attached hydrogens (tertiary/aromatic N) is 1. The average molecular weight is 134 g/mol. The van der Waals surface area contributed by atoms with Crippen LogP contribution in [0.25, 0.3) is 0 Å². The Balaban J connectivity index is 2.75. The van der Waals surface area contributed by atoms with Gasteiger partial charge in [0.15, 0.2) is 0 Å². The molecule has 3 nitrogen and oxygen atoms in total. The monoisotopic (exact) mass is 134 g/mol. The van der Waals surface area contributed by atoms with Gasteiger partial charge in [0.1, 0.15) is 0 Å². The molecule has 1 heterocycles. The van der Waals surface area contributed by atoms with E-state index in [1.54, 1.807) is 0 Å². The Morgan fingerprint density at radius 3 is 3.44 bits per heavy atom. The molecule has 0 bridgehead atoms. The SMILES string of the molecule is [2H]C1([2H])NCCN(CCO)C1([2H])[2H]. The maximum absolute atomic E-state index is 8.67. The molecule has 0 saturated carbocycles. The Morgan fingerprint density at radius 2 is 2.67 bits per heavy atom. The van der Waals surface area contributed by atoms with Crippen molar-refractivity contribution in [3.8, 4) is 0 Å². The van der Waals surface area contributed by atoms with Crippen LogP contribution in [0, 0.1) is 0 Å². The summed E-state index contributed by atoms with van der Waals surface area (Å²) in [6.07, 6.45) is 0. The highest BCUT2D eigenvalue weighted by atomic mass is 16.3. The van der Waals surface area contributed by atoms with E-state index in [1.807, 2.05) is 0 Å². The molecular weight excluding hydrogens is 116 g/mol. The van der Waals surface area contributed by atoms with E-state index >= 15 is 0 Å². The third-order valence-electron chi connectivity index (χ3n) is 1.18. The molecule has 0 spiro atoms. The molecule has 1 aliphatic rings. The average Bonchev–Trinajstić information content (AvgIpc) is 2.00. The van der Waals surface area contributed by atoms with E-state index < -0.39 is 13.0 Å². The van der Waals surface area contributed by atoms with Gasteiger partial charge in [-0.15, -0.1) is 0 Å². The summed E-state index contributed by atoms with van der Waals surface area (Å²) in [5.74, 6) is 0. The van der Waals surface area contributed by atoms with Crippen molar-refractivity contribution in [3.63, 3.8) is 0 Å². The van der Waals surface area contributed by atoms with Crippen molar-refractivity contribution in [2.75, 3.05) is 39.2 Å². The van der Waals surface area contributed by atoms with Gasteiger partial charge >= 0.3 is 0 Å². The smallest absolute Gasteiger partial charge is 0.0558 e. The van der Waals surface area contributed by atoms with Gasteiger partial charge in [-0.05, 0) is 0 Å². The number of piperazine rings is 1. The summed E-state index contributed by atoms with van der Waals surface area (Å²) in [5.41, 5.74) is 0. The zero-order valence-corrected chi connectivity index (χ0v) is 5.22. The van der Waals surface area contributed by atoms with Crippen LogP contribution in [0.2, 0.25) is 0 Å². The van der Waals surface area contributed by atoms with Crippen LogP contribution in [-0.4, -0.2) is 49.2 Å². The zero-order chi connectivity index (χ0) is 10.1. The van der Waals surface area contributed by atoms with Crippen molar-refractivity contribution in [1.29, 1.82) is 0 Å². The van der Waals surface area contributed by atoms with E-state index in [0.717, 1.165) is 0 Å². The van der Waals surface area contributed by atoms with E-state index in [1.165, 1.54) is 4.90 Å². The molecule has 1 aliphatic heterocycles. The first-order valence-corrected chi connectivity index (χ1v) is 3.03. The summed E-state index contributed by atoms with van der Waals surface area (Å²) >= 11 is 0. The molecule has 1 saturated heterocycles. The minimum absolute atomic E-state index is 0.157. The highest BCUT2D eigenvalue weighted by Gasteiger charge is 2.06. The number of aliphatic hydroxyl groups is 1. The molecule has 3 heteroatoms. The molecule has 2 N–H and O–H groups in total. The quantitative estimate of drug-likeness (QED) is 0.502. The minimum atomic E-state index is -2.06. The van der Waals surface area contributed by atoms with E-state index in [4.69, 9.17) is 10.6 Å². The van der Waals surface area contributed by atoms with Gasteiger partial charge in [0.05, 0.1) is 6.61 Å². The van der Waals surface area contributed by atoms with Crippen LogP contribution in [0.1, 0.15) is 5.48 Å². The molecule has 0 radical (unpaired) electrons. The summed E-state index contributed by atoms with van der Waals surface area (Å²) in [6.45, 7) is -3.31. The molecule has 54 valence electrons. The van der Waals surface area contributed by atoms with E-state index in [0.29, 0.717) is 13.1 Å². The number of rotatable bonds is 2. The van der Waals surface area contributed by atoms with Crippen LogP contribution in [-0.2, 0) is 0 Å². The summed E-state index contributed by atoms with van der Waals surface area (Å²) in [5, 5.41) is 11.1. The van der Waals surface area contributed by atoms with Crippen molar-refractivity contribution in [2.45, 2.75) is 0 Å². The van der Waals surface area contributed by atoms with Gasteiger partial charge in [0.25, 0.3) is 0 Å². The Labute approximate surface area is 61.3 Å². The predicted octanol–water partition coefficient (Wildman–Crippen LogP) is -1.12. The van der Waals surface area contributed by atoms with Crippen molar-refractivity contribution in [1.82, 2.24) is 10.2 Å². The first-order valence-electron chi connectivity index (χ1n) is 5.03. The highest BCUT2D eigenvalue weighted by Crippen LogP contribution is 1.88. The predicted molar refractivity (Wildman–Crippen MR) is 36.4 cm³/mol. The molecular formula is C6H14N2O. The van der Waals surface area contributed by atoms with Gasteiger partial charge < -0.3 is 10.4 Å². The number of β-amino-alcohol motifs (C(OH)–C–C–N with tert-alkyl or cyclic N) is 1. The topological polar surface area (TPSA) is 35.5 Å². The lowest BCUT2D eigenvalue weighted by molar-refractivity contribution is 0.180.